The predicted molar refractivity (Wildman–Crippen MR) is 100 cm³/mol. The Hall–Kier alpha value is -3.22. The third-order valence-corrected chi connectivity index (χ3v) is 4.99. The Labute approximate surface area is 157 Å². The molecule has 2 aromatic heterocycles. The summed E-state index contributed by atoms with van der Waals surface area (Å²) in [5.41, 5.74) is 2.30. The number of carbonyl (C=O) groups excluding carboxylic acids is 2. The van der Waals surface area contributed by atoms with E-state index in [-0.39, 0.29) is 17.7 Å². The second kappa shape index (κ2) is 7.19. The number of likely N-dealkylation sites (tertiary alicyclic amines) is 1. The van der Waals surface area contributed by atoms with Gasteiger partial charge in [0.1, 0.15) is 5.82 Å². The molecule has 0 saturated carbocycles. The summed E-state index contributed by atoms with van der Waals surface area (Å²) in [6.07, 6.45) is 2.63. The first-order valence-electron chi connectivity index (χ1n) is 9.04. The standard InChI is InChI=1S/C20H21N5O2/c1-14(26)24-10-9-16(12-24)19-23-22-18-8-7-17(13-25(18)19)20(27)21-11-15-5-3-2-4-6-15/h2-8,13,16H,9-12H2,1H3,(H,21,27). The molecule has 1 aliphatic heterocycles. The van der Waals surface area contributed by atoms with E-state index in [2.05, 4.69) is 15.5 Å². The summed E-state index contributed by atoms with van der Waals surface area (Å²) in [6, 6.07) is 13.3. The maximum Gasteiger partial charge on any atom is 0.253 e. The van der Waals surface area contributed by atoms with Gasteiger partial charge in [-0.3, -0.25) is 14.0 Å². The molecule has 1 saturated heterocycles. The molecule has 1 aliphatic rings. The van der Waals surface area contributed by atoms with Crippen molar-refractivity contribution >= 4 is 17.5 Å². The first-order valence-corrected chi connectivity index (χ1v) is 9.04. The molecule has 27 heavy (non-hydrogen) atoms. The summed E-state index contributed by atoms with van der Waals surface area (Å²) in [4.78, 5) is 25.9. The minimum Gasteiger partial charge on any atom is -0.348 e. The van der Waals surface area contributed by atoms with Crippen molar-refractivity contribution in [3.8, 4) is 0 Å². The van der Waals surface area contributed by atoms with Gasteiger partial charge in [0.15, 0.2) is 5.65 Å². The zero-order chi connectivity index (χ0) is 18.8. The van der Waals surface area contributed by atoms with E-state index in [9.17, 15) is 9.59 Å². The van der Waals surface area contributed by atoms with Crippen molar-refractivity contribution in [3.63, 3.8) is 0 Å². The van der Waals surface area contributed by atoms with Crippen LogP contribution in [0.3, 0.4) is 0 Å². The van der Waals surface area contributed by atoms with Gasteiger partial charge in [-0.15, -0.1) is 10.2 Å². The molecule has 3 heterocycles. The van der Waals surface area contributed by atoms with Gasteiger partial charge in [0.2, 0.25) is 5.91 Å². The second-order valence-corrected chi connectivity index (χ2v) is 6.82. The molecule has 138 valence electrons. The molecule has 1 fully saturated rings. The Morgan fingerprint density at radius 1 is 1.15 bits per heavy atom. The van der Waals surface area contributed by atoms with Crippen LogP contribution in [0, 0.1) is 0 Å². The Morgan fingerprint density at radius 3 is 2.70 bits per heavy atom. The maximum absolute atomic E-state index is 12.5. The zero-order valence-electron chi connectivity index (χ0n) is 15.1. The summed E-state index contributed by atoms with van der Waals surface area (Å²) < 4.78 is 1.87. The largest absolute Gasteiger partial charge is 0.348 e. The van der Waals surface area contributed by atoms with Gasteiger partial charge in [0.25, 0.3) is 5.91 Å². The van der Waals surface area contributed by atoms with Crippen LogP contribution < -0.4 is 5.32 Å². The average molecular weight is 363 g/mol. The van der Waals surface area contributed by atoms with Crippen molar-refractivity contribution in [2.24, 2.45) is 0 Å². The molecule has 0 bridgehead atoms. The smallest absolute Gasteiger partial charge is 0.253 e. The van der Waals surface area contributed by atoms with E-state index in [1.807, 2.05) is 39.6 Å². The first kappa shape index (κ1) is 17.2. The van der Waals surface area contributed by atoms with Crippen LogP contribution in [-0.2, 0) is 11.3 Å². The van der Waals surface area contributed by atoms with E-state index in [4.69, 9.17) is 0 Å². The third-order valence-electron chi connectivity index (χ3n) is 4.99. The Balaban J connectivity index is 1.53. The van der Waals surface area contributed by atoms with E-state index in [1.54, 1.807) is 25.3 Å². The highest BCUT2D eigenvalue weighted by Gasteiger charge is 2.29. The summed E-state index contributed by atoms with van der Waals surface area (Å²) in [5.74, 6) is 0.863. The highest BCUT2D eigenvalue weighted by molar-refractivity contribution is 5.94. The highest BCUT2D eigenvalue weighted by atomic mass is 16.2. The summed E-state index contributed by atoms with van der Waals surface area (Å²) in [5, 5.41) is 11.5. The van der Waals surface area contributed by atoms with Crippen LogP contribution in [0.15, 0.2) is 48.7 Å². The summed E-state index contributed by atoms with van der Waals surface area (Å²) >= 11 is 0. The molecule has 3 aromatic rings. The topological polar surface area (TPSA) is 79.6 Å². The Kier molecular flexibility index (Phi) is 4.58. The van der Waals surface area contributed by atoms with Crippen LogP contribution in [0.5, 0.6) is 0 Å². The number of nitrogens with zero attached hydrogens (tertiary/aromatic N) is 4. The molecule has 0 aliphatic carbocycles. The van der Waals surface area contributed by atoms with Gasteiger partial charge in [-0.25, -0.2) is 0 Å². The molecule has 0 radical (unpaired) electrons. The fraction of sp³-hybridized carbons (Fsp3) is 0.300. The van der Waals surface area contributed by atoms with Gasteiger partial charge in [-0.2, -0.15) is 0 Å². The normalized spacial score (nSPS) is 16.6. The van der Waals surface area contributed by atoms with Crippen LogP contribution >= 0.6 is 0 Å². The number of nitrogens with one attached hydrogen (secondary N) is 1. The fourth-order valence-corrected chi connectivity index (χ4v) is 3.46. The van der Waals surface area contributed by atoms with Crippen molar-refractivity contribution in [1.29, 1.82) is 0 Å². The molecule has 0 spiro atoms. The van der Waals surface area contributed by atoms with Crippen molar-refractivity contribution in [3.05, 3.63) is 65.6 Å². The summed E-state index contributed by atoms with van der Waals surface area (Å²) in [7, 11) is 0. The molecule has 1 N–H and O–H groups in total. The highest BCUT2D eigenvalue weighted by Crippen LogP contribution is 2.26. The van der Waals surface area contributed by atoms with Crippen molar-refractivity contribution in [1.82, 2.24) is 24.8 Å². The van der Waals surface area contributed by atoms with Crippen molar-refractivity contribution in [2.75, 3.05) is 13.1 Å². The number of aromatic nitrogens is 3. The van der Waals surface area contributed by atoms with Crippen LogP contribution in [0.4, 0.5) is 0 Å². The van der Waals surface area contributed by atoms with Gasteiger partial charge in [-0.1, -0.05) is 30.3 Å². The Morgan fingerprint density at radius 2 is 1.96 bits per heavy atom. The molecule has 1 atom stereocenters. The molecule has 1 aromatic carbocycles. The molecule has 7 heteroatoms. The van der Waals surface area contributed by atoms with Gasteiger partial charge >= 0.3 is 0 Å². The fourth-order valence-electron chi connectivity index (χ4n) is 3.46. The minimum atomic E-state index is -0.141. The van der Waals surface area contributed by atoms with Crippen LogP contribution in [-0.4, -0.2) is 44.4 Å². The number of amides is 2. The number of hydrogen-bond acceptors (Lipinski definition) is 4. The Bertz CT molecular complexity index is 982. The molecular formula is C20H21N5O2. The number of benzene rings is 1. The molecule has 2 amide bonds. The predicted octanol–water partition coefficient (Wildman–Crippen LogP) is 2.00. The molecule has 1 unspecified atom stereocenters. The molecule has 7 nitrogen and oxygen atoms in total. The van der Waals surface area contributed by atoms with E-state index in [0.29, 0.717) is 24.3 Å². The quantitative estimate of drug-likeness (QED) is 0.769. The van der Waals surface area contributed by atoms with Gasteiger partial charge in [0.05, 0.1) is 5.56 Å². The van der Waals surface area contributed by atoms with E-state index in [1.165, 1.54) is 0 Å². The molecular weight excluding hydrogens is 342 g/mol. The number of rotatable bonds is 4. The lowest BCUT2D eigenvalue weighted by Gasteiger charge is -2.13. The maximum atomic E-state index is 12.5. The van der Waals surface area contributed by atoms with Gasteiger partial charge in [-0.05, 0) is 24.1 Å². The summed E-state index contributed by atoms with van der Waals surface area (Å²) in [6.45, 7) is 3.43. The van der Waals surface area contributed by atoms with E-state index in [0.717, 1.165) is 24.4 Å². The van der Waals surface area contributed by atoms with Crippen LogP contribution in [0.2, 0.25) is 0 Å². The van der Waals surface area contributed by atoms with Gasteiger partial charge in [0, 0.05) is 38.7 Å². The number of carbonyl (C=O) groups is 2. The monoisotopic (exact) mass is 363 g/mol. The number of pyridine rings is 1. The lowest BCUT2D eigenvalue weighted by atomic mass is 10.1. The van der Waals surface area contributed by atoms with Crippen molar-refractivity contribution in [2.45, 2.75) is 25.8 Å². The number of hydrogen-bond donors (Lipinski definition) is 1. The van der Waals surface area contributed by atoms with Crippen LogP contribution in [0.1, 0.15) is 41.0 Å². The second-order valence-electron chi connectivity index (χ2n) is 6.82. The average Bonchev–Trinajstić information content (AvgIpc) is 3.33. The van der Waals surface area contributed by atoms with Crippen molar-refractivity contribution < 1.29 is 9.59 Å². The minimum absolute atomic E-state index is 0.0762. The first-order chi connectivity index (χ1) is 13.1. The van der Waals surface area contributed by atoms with E-state index < -0.39 is 0 Å². The lowest BCUT2D eigenvalue weighted by molar-refractivity contribution is -0.127. The zero-order valence-corrected chi connectivity index (χ0v) is 15.1. The third kappa shape index (κ3) is 3.53. The molecule has 4 rings (SSSR count). The van der Waals surface area contributed by atoms with Gasteiger partial charge < -0.3 is 10.2 Å². The number of fused-ring (bicyclic) bond motifs is 1. The van der Waals surface area contributed by atoms with Crippen LogP contribution in [0.25, 0.3) is 5.65 Å². The van der Waals surface area contributed by atoms with E-state index >= 15 is 0 Å². The lowest BCUT2D eigenvalue weighted by Crippen LogP contribution is -2.25. The SMILES string of the molecule is CC(=O)N1CCC(c2nnc3ccc(C(=O)NCc4ccccc4)cn23)C1.